The highest BCUT2D eigenvalue weighted by Gasteiger charge is 2.21. The molecule has 0 aromatic heterocycles. The summed E-state index contributed by atoms with van der Waals surface area (Å²) in [6.07, 6.45) is -0.772. The highest BCUT2D eigenvalue weighted by molar-refractivity contribution is 5.91. The van der Waals surface area contributed by atoms with Gasteiger partial charge in [-0.2, -0.15) is 0 Å². The Morgan fingerprint density at radius 2 is 1.89 bits per heavy atom. The average Bonchev–Trinajstić information content (AvgIpc) is 2.68. The van der Waals surface area contributed by atoms with E-state index in [2.05, 4.69) is 5.32 Å². The second kappa shape index (κ2) is 9.42. The van der Waals surface area contributed by atoms with Gasteiger partial charge in [-0.05, 0) is 24.6 Å². The first-order valence-corrected chi connectivity index (χ1v) is 8.30. The minimum Gasteiger partial charge on any atom is -0.454 e. The Bertz CT molecular complexity index is 885. The number of nitro benzene ring substituents is 2. The molecule has 2 aromatic carbocycles. The zero-order valence-corrected chi connectivity index (χ0v) is 15.3. The Morgan fingerprint density at radius 1 is 1.14 bits per heavy atom. The summed E-state index contributed by atoms with van der Waals surface area (Å²) in [5, 5.41) is 25.0. The maximum Gasteiger partial charge on any atom is 0.338 e. The number of ether oxygens (including phenoxy) is 2. The smallest absolute Gasteiger partial charge is 0.338 e. The molecule has 0 saturated carbocycles. The number of esters is 1. The third-order valence-electron chi connectivity index (χ3n) is 3.89. The van der Waals surface area contributed by atoms with Crippen molar-refractivity contribution >= 4 is 23.0 Å². The first-order chi connectivity index (χ1) is 13.3. The van der Waals surface area contributed by atoms with E-state index < -0.39 is 21.9 Å². The van der Waals surface area contributed by atoms with Crippen molar-refractivity contribution in [3.8, 4) is 0 Å². The minimum atomic E-state index is -0.773. The van der Waals surface area contributed by atoms with Gasteiger partial charge in [-0.1, -0.05) is 12.1 Å². The number of rotatable bonds is 9. The van der Waals surface area contributed by atoms with E-state index in [1.165, 1.54) is 37.4 Å². The van der Waals surface area contributed by atoms with E-state index in [0.29, 0.717) is 18.7 Å². The molecule has 2 aromatic rings. The Balaban J connectivity index is 2.17. The number of benzene rings is 2. The van der Waals surface area contributed by atoms with Crippen LogP contribution in [-0.2, 0) is 9.47 Å². The lowest BCUT2D eigenvalue weighted by atomic mass is 10.1. The van der Waals surface area contributed by atoms with Crippen LogP contribution in [0.3, 0.4) is 0 Å². The van der Waals surface area contributed by atoms with E-state index >= 15 is 0 Å². The zero-order chi connectivity index (χ0) is 20.7. The molecule has 10 heteroatoms. The average molecular weight is 389 g/mol. The quantitative estimate of drug-likeness (QED) is 0.298. The van der Waals surface area contributed by atoms with E-state index in [-0.39, 0.29) is 22.6 Å². The topological polar surface area (TPSA) is 134 Å². The summed E-state index contributed by atoms with van der Waals surface area (Å²) in [7, 11) is 1.51. The van der Waals surface area contributed by atoms with E-state index in [0.717, 1.165) is 6.07 Å². The van der Waals surface area contributed by atoms with Gasteiger partial charge in [0.1, 0.15) is 11.8 Å². The maximum absolute atomic E-state index is 12.4. The summed E-state index contributed by atoms with van der Waals surface area (Å²) in [5.74, 6) is -0.773. The summed E-state index contributed by atoms with van der Waals surface area (Å²) in [5.41, 5.74) is 0.303. The third-order valence-corrected chi connectivity index (χ3v) is 3.89. The van der Waals surface area contributed by atoms with Gasteiger partial charge >= 0.3 is 5.97 Å². The van der Waals surface area contributed by atoms with Crippen molar-refractivity contribution in [3.05, 3.63) is 73.8 Å². The van der Waals surface area contributed by atoms with Crippen molar-refractivity contribution in [1.29, 1.82) is 0 Å². The van der Waals surface area contributed by atoms with E-state index in [1.54, 1.807) is 13.0 Å². The van der Waals surface area contributed by atoms with Crippen molar-refractivity contribution < 1.29 is 24.1 Å². The van der Waals surface area contributed by atoms with Gasteiger partial charge in [0.05, 0.1) is 22.0 Å². The number of carbonyl (C=O) groups excluding carboxylic acids is 1. The molecule has 0 amide bonds. The molecule has 0 unspecified atom stereocenters. The summed E-state index contributed by atoms with van der Waals surface area (Å²) >= 11 is 0. The summed E-state index contributed by atoms with van der Waals surface area (Å²) in [6.45, 7) is 2.29. The summed E-state index contributed by atoms with van der Waals surface area (Å²) in [6, 6.07) is 9.67. The number of nitrogens with zero attached hydrogens (tertiary/aromatic N) is 2. The van der Waals surface area contributed by atoms with Crippen LogP contribution in [-0.4, -0.2) is 36.1 Å². The lowest BCUT2D eigenvalue weighted by Crippen LogP contribution is -2.12. The standard InChI is InChI=1S/C18H19N3O7/c1-12(13-4-3-5-15(10-13)20(23)24)28-18(22)14-6-7-16(19-8-9-27-2)17(11-14)21(25)26/h3-7,10-12,19H,8-9H2,1-2H3/t12-/m0/s1. The van der Waals surface area contributed by atoms with Crippen molar-refractivity contribution in [3.63, 3.8) is 0 Å². The Hall–Kier alpha value is -3.53. The van der Waals surface area contributed by atoms with Crippen LogP contribution in [0, 0.1) is 20.2 Å². The molecule has 10 nitrogen and oxygen atoms in total. The molecule has 0 aliphatic carbocycles. The number of nitro groups is 2. The van der Waals surface area contributed by atoms with Gasteiger partial charge in [-0.25, -0.2) is 4.79 Å². The number of methoxy groups -OCH3 is 1. The summed E-state index contributed by atoms with van der Waals surface area (Å²) < 4.78 is 10.2. The van der Waals surface area contributed by atoms with Gasteiger partial charge in [0.25, 0.3) is 11.4 Å². The van der Waals surface area contributed by atoms with Crippen LogP contribution in [0.25, 0.3) is 0 Å². The van der Waals surface area contributed by atoms with Gasteiger partial charge in [0.2, 0.25) is 0 Å². The SMILES string of the molecule is COCCNc1ccc(C(=O)O[C@@H](C)c2cccc([N+](=O)[O-])c2)cc1[N+](=O)[O-]. The summed E-state index contributed by atoms with van der Waals surface area (Å²) in [4.78, 5) is 33.4. The predicted octanol–water partition coefficient (Wildman–Crippen LogP) is 3.48. The van der Waals surface area contributed by atoms with Gasteiger partial charge in [-0.3, -0.25) is 20.2 Å². The third kappa shape index (κ3) is 5.24. The number of hydrogen-bond acceptors (Lipinski definition) is 8. The van der Waals surface area contributed by atoms with Crippen LogP contribution in [0.4, 0.5) is 17.1 Å². The number of anilines is 1. The molecule has 28 heavy (non-hydrogen) atoms. The molecule has 0 bridgehead atoms. The van der Waals surface area contributed by atoms with Crippen molar-refractivity contribution in [2.75, 3.05) is 25.6 Å². The Morgan fingerprint density at radius 3 is 2.54 bits per heavy atom. The fraction of sp³-hybridized carbons (Fsp3) is 0.278. The first-order valence-electron chi connectivity index (χ1n) is 8.30. The minimum absolute atomic E-state index is 0.00118. The van der Waals surface area contributed by atoms with Crippen molar-refractivity contribution in [2.24, 2.45) is 0 Å². The fourth-order valence-corrected chi connectivity index (χ4v) is 2.43. The number of carbonyl (C=O) groups is 1. The van der Waals surface area contributed by atoms with Crippen LogP contribution >= 0.6 is 0 Å². The van der Waals surface area contributed by atoms with E-state index in [4.69, 9.17) is 9.47 Å². The van der Waals surface area contributed by atoms with Gasteiger partial charge in [0.15, 0.2) is 0 Å². The molecule has 1 N–H and O–H groups in total. The predicted molar refractivity (Wildman–Crippen MR) is 100 cm³/mol. The largest absolute Gasteiger partial charge is 0.454 e. The molecule has 0 fully saturated rings. The molecular weight excluding hydrogens is 370 g/mol. The van der Waals surface area contributed by atoms with Gasteiger partial charge in [-0.15, -0.1) is 0 Å². The molecular formula is C18H19N3O7. The van der Waals surface area contributed by atoms with Crippen LogP contribution < -0.4 is 5.32 Å². The van der Waals surface area contributed by atoms with Gasteiger partial charge in [0, 0.05) is 31.9 Å². The number of nitrogens with one attached hydrogen (secondary N) is 1. The number of non-ortho nitro benzene ring substituents is 1. The fourth-order valence-electron chi connectivity index (χ4n) is 2.43. The van der Waals surface area contributed by atoms with Crippen molar-refractivity contribution in [1.82, 2.24) is 0 Å². The molecule has 2 rings (SSSR count). The molecule has 1 atom stereocenters. The van der Waals surface area contributed by atoms with Crippen LogP contribution in [0.5, 0.6) is 0 Å². The van der Waals surface area contributed by atoms with Crippen LogP contribution in [0.2, 0.25) is 0 Å². The Labute approximate surface area is 160 Å². The first kappa shape index (κ1) is 20.8. The van der Waals surface area contributed by atoms with Crippen LogP contribution in [0.1, 0.15) is 28.9 Å². The van der Waals surface area contributed by atoms with Crippen LogP contribution in [0.15, 0.2) is 42.5 Å². The van der Waals surface area contributed by atoms with Gasteiger partial charge < -0.3 is 14.8 Å². The van der Waals surface area contributed by atoms with E-state index in [1.807, 2.05) is 0 Å². The molecule has 0 saturated heterocycles. The highest BCUT2D eigenvalue weighted by atomic mass is 16.6. The maximum atomic E-state index is 12.4. The zero-order valence-electron chi connectivity index (χ0n) is 15.3. The lowest BCUT2D eigenvalue weighted by Gasteiger charge is -2.14. The second-order valence-electron chi connectivity index (χ2n) is 5.81. The number of hydrogen-bond donors (Lipinski definition) is 1. The molecule has 0 aliphatic rings. The highest BCUT2D eigenvalue weighted by Crippen LogP contribution is 2.27. The lowest BCUT2D eigenvalue weighted by molar-refractivity contribution is -0.385. The normalized spacial score (nSPS) is 11.5. The van der Waals surface area contributed by atoms with E-state index in [9.17, 15) is 25.0 Å². The molecule has 0 heterocycles. The molecule has 0 spiro atoms. The Kier molecular flexibility index (Phi) is 6.99. The molecule has 0 aliphatic heterocycles. The van der Waals surface area contributed by atoms with Crippen molar-refractivity contribution in [2.45, 2.75) is 13.0 Å². The molecule has 148 valence electrons. The second-order valence-corrected chi connectivity index (χ2v) is 5.81. The molecule has 0 radical (unpaired) electrons. The monoisotopic (exact) mass is 389 g/mol.